The second-order valence-electron chi connectivity index (χ2n) is 12.4. The normalized spacial score (nSPS) is 21.8. The highest BCUT2D eigenvalue weighted by Gasteiger charge is 2.38. The summed E-state index contributed by atoms with van der Waals surface area (Å²) in [4.78, 5) is 41.0. The Morgan fingerprint density at radius 1 is 0.935 bits per heavy atom. The third-order valence-corrected chi connectivity index (χ3v) is 9.65. The average molecular weight is 618 g/mol. The van der Waals surface area contributed by atoms with E-state index in [4.69, 9.17) is 9.98 Å². The molecule has 10 nitrogen and oxygen atoms in total. The number of nitrogens with one attached hydrogen (secondary N) is 3. The Bertz CT molecular complexity index is 1640. The molecule has 4 aromatic rings. The van der Waals surface area contributed by atoms with Crippen LogP contribution in [-0.4, -0.2) is 80.2 Å². The van der Waals surface area contributed by atoms with Gasteiger partial charge in [0.2, 0.25) is 5.91 Å². The highest BCUT2D eigenvalue weighted by molar-refractivity contribution is 5.89. The molecule has 2 aromatic carbocycles. The summed E-state index contributed by atoms with van der Waals surface area (Å²) in [7, 11) is 0. The summed E-state index contributed by atoms with van der Waals surface area (Å²) in [5, 5.41) is 6.97. The monoisotopic (exact) mass is 617 g/mol. The van der Waals surface area contributed by atoms with Gasteiger partial charge in [-0.3, -0.25) is 14.7 Å². The van der Waals surface area contributed by atoms with Crippen LogP contribution in [0.4, 0.5) is 0 Å². The molecule has 2 fully saturated rings. The Hall–Kier alpha value is -4.41. The molecule has 4 atom stereocenters. The fraction of sp³-hybridized carbons (Fsp3) is 0.417. The number of amidine groups is 1. The van der Waals surface area contributed by atoms with Crippen molar-refractivity contribution in [2.75, 3.05) is 32.7 Å². The lowest BCUT2D eigenvalue weighted by Gasteiger charge is -2.34. The number of rotatable bonds is 10. The smallest absolute Gasteiger partial charge is 0.245 e. The van der Waals surface area contributed by atoms with Crippen molar-refractivity contribution in [2.45, 2.75) is 63.7 Å². The number of imidazole rings is 1. The Balaban J connectivity index is 1.04. The van der Waals surface area contributed by atoms with E-state index in [2.05, 4.69) is 68.6 Å². The highest BCUT2D eigenvalue weighted by atomic mass is 16.2. The zero-order chi connectivity index (χ0) is 31.5. The molecule has 1 amide bonds. The van der Waals surface area contributed by atoms with E-state index in [0.717, 1.165) is 91.6 Å². The lowest BCUT2D eigenvalue weighted by Crippen LogP contribution is -2.43. The summed E-state index contributed by atoms with van der Waals surface area (Å²) < 4.78 is 0. The molecular weight excluding hydrogens is 574 g/mol. The summed E-state index contributed by atoms with van der Waals surface area (Å²) in [6.07, 6.45) is 9.86. The number of likely N-dealkylation sites (tertiary alicyclic amines) is 1. The van der Waals surface area contributed by atoms with Crippen LogP contribution in [0.15, 0.2) is 78.2 Å². The zero-order valence-corrected chi connectivity index (χ0v) is 26.7. The van der Waals surface area contributed by atoms with Crippen LogP contribution in [-0.2, 0) is 4.79 Å². The number of aromatic amines is 1. The van der Waals surface area contributed by atoms with E-state index in [0.29, 0.717) is 11.9 Å². The fourth-order valence-electron chi connectivity index (χ4n) is 7.10. The minimum absolute atomic E-state index is 0.0518. The van der Waals surface area contributed by atoms with Crippen molar-refractivity contribution in [3.63, 3.8) is 0 Å². The van der Waals surface area contributed by atoms with Gasteiger partial charge in [-0.05, 0) is 56.4 Å². The third-order valence-electron chi connectivity index (χ3n) is 9.65. The van der Waals surface area contributed by atoms with Gasteiger partial charge in [-0.15, -0.1) is 0 Å². The molecule has 0 radical (unpaired) electrons. The van der Waals surface area contributed by atoms with Crippen LogP contribution in [0.2, 0.25) is 0 Å². The molecule has 7 rings (SSSR count). The van der Waals surface area contributed by atoms with E-state index < -0.39 is 0 Å². The van der Waals surface area contributed by atoms with Crippen molar-refractivity contribution >= 4 is 11.7 Å². The molecule has 0 bridgehead atoms. The number of likely N-dealkylation sites (N-methyl/N-ethyl adjacent to an activating group) is 1. The lowest BCUT2D eigenvalue weighted by molar-refractivity contribution is -0.138. The molecule has 0 aliphatic carbocycles. The molecule has 10 heteroatoms. The summed E-state index contributed by atoms with van der Waals surface area (Å²) in [5.41, 5.74) is 4.97. The van der Waals surface area contributed by atoms with Gasteiger partial charge in [-0.2, -0.15) is 0 Å². The van der Waals surface area contributed by atoms with E-state index in [1.54, 1.807) is 0 Å². The van der Waals surface area contributed by atoms with Crippen molar-refractivity contribution < 1.29 is 4.79 Å². The summed E-state index contributed by atoms with van der Waals surface area (Å²) in [6.45, 7) is 8.43. The Kier molecular flexibility index (Phi) is 8.89. The molecule has 3 aliphatic rings. The first-order valence-electron chi connectivity index (χ1n) is 16.7. The molecule has 46 heavy (non-hydrogen) atoms. The highest BCUT2D eigenvalue weighted by Crippen LogP contribution is 2.35. The van der Waals surface area contributed by atoms with Gasteiger partial charge in [-0.25, -0.2) is 15.0 Å². The van der Waals surface area contributed by atoms with Gasteiger partial charge in [0.1, 0.15) is 17.7 Å². The number of H-pyrrole nitrogens is 1. The number of amides is 1. The molecule has 2 aromatic heterocycles. The molecule has 0 spiro atoms. The van der Waals surface area contributed by atoms with Crippen molar-refractivity contribution in [2.24, 2.45) is 4.99 Å². The van der Waals surface area contributed by atoms with Crippen molar-refractivity contribution in [1.29, 1.82) is 0 Å². The average Bonchev–Trinajstić information content (AvgIpc) is 3.94. The first-order chi connectivity index (χ1) is 22.6. The maximum absolute atomic E-state index is 14.1. The molecule has 1 unspecified atom stereocenters. The summed E-state index contributed by atoms with van der Waals surface area (Å²) in [5.74, 6) is 2.74. The quantitative estimate of drug-likeness (QED) is 0.228. The topological polar surface area (TPSA) is 114 Å². The number of hydrogen-bond donors (Lipinski definition) is 3. The fourth-order valence-corrected chi connectivity index (χ4v) is 7.10. The lowest BCUT2D eigenvalue weighted by atomic mass is 10.0. The van der Waals surface area contributed by atoms with Crippen LogP contribution >= 0.6 is 0 Å². The maximum atomic E-state index is 14.1. The van der Waals surface area contributed by atoms with Crippen molar-refractivity contribution in [1.82, 2.24) is 40.4 Å². The second-order valence-corrected chi connectivity index (χ2v) is 12.4. The van der Waals surface area contributed by atoms with Gasteiger partial charge in [0.15, 0.2) is 5.82 Å². The Labute approximate surface area is 270 Å². The van der Waals surface area contributed by atoms with Gasteiger partial charge < -0.3 is 20.5 Å². The molecule has 238 valence electrons. The van der Waals surface area contributed by atoms with Gasteiger partial charge in [-0.1, -0.05) is 68.4 Å². The first kappa shape index (κ1) is 30.3. The second kappa shape index (κ2) is 13.5. The number of hydrogen-bond acceptors (Lipinski definition) is 8. The van der Waals surface area contributed by atoms with Crippen LogP contribution in [0.3, 0.4) is 0 Å². The first-order valence-corrected chi connectivity index (χ1v) is 16.7. The molecule has 2 saturated heterocycles. The number of carbonyl (C=O) groups is 1. The summed E-state index contributed by atoms with van der Waals surface area (Å²) in [6, 6.07) is 18.4. The Morgan fingerprint density at radius 2 is 1.70 bits per heavy atom. The van der Waals surface area contributed by atoms with Gasteiger partial charge >= 0.3 is 0 Å². The largest absolute Gasteiger partial charge is 0.370 e. The standard InChI is InChI=1S/C36H43N9O/c1-3-44(4-2)32(25-10-6-5-7-11-25)36(46)45-19-9-13-31(45)35-41-22-29(43-35)24-14-16-26(17-15-24)33-38-20-27(21-39-33)30-23-40-34(42-30)28-12-8-18-37-28/h5-7,10-11,14-17,20-22,28,30-32,37H,3-4,8-9,12-13,18-19,23H2,1-2H3,(H,40,42)(H,41,43)/t28-,30?,31-,32+/m0/s1. The van der Waals surface area contributed by atoms with Gasteiger partial charge in [0, 0.05) is 36.6 Å². The van der Waals surface area contributed by atoms with Crippen LogP contribution in [0.1, 0.15) is 74.6 Å². The van der Waals surface area contributed by atoms with E-state index in [-0.39, 0.29) is 24.0 Å². The maximum Gasteiger partial charge on any atom is 0.245 e. The molecule has 3 N–H and O–H groups in total. The van der Waals surface area contributed by atoms with E-state index >= 15 is 0 Å². The van der Waals surface area contributed by atoms with Crippen LogP contribution < -0.4 is 10.6 Å². The number of aliphatic imine (C=N–C) groups is 1. The number of benzene rings is 2. The Morgan fingerprint density at radius 3 is 2.41 bits per heavy atom. The molecule has 3 aliphatic heterocycles. The zero-order valence-electron chi connectivity index (χ0n) is 26.7. The molecular formula is C36H43N9O. The predicted molar refractivity (Wildman–Crippen MR) is 180 cm³/mol. The minimum atomic E-state index is -0.302. The predicted octanol–water partition coefficient (Wildman–Crippen LogP) is 5.08. The van der Waals surface area contributed by atoms with Gasteiger partial charge in [0.05, 0.1) is 30.0 Å². The number of carbonyl (C=O) groups excluding carboxylic acids is 1. The summed E-state index contributed by atoms with van der Waals surface area (Å²) >= 11 is 0. The molecule has 0 saturated carbocycles. The third kappa shape index (κ3) is 6.07. The number of aromatic nitrogens is 4. The van der Waals surface area contributed by atoms with E-state index in [1.807, 2.05) is 53.8 Å². The van der Waals surface area contributed by atoms with E-state index in [1.165, 1.54) is 6.42 Å². The van der Waals surface area contributed by atoms with E-state index in [9.17, 15) is 4.79 Å². The van der Waals surface area contributed by atoms with Crippen LogP contribution in [0.5, 0.6) is 0 Å². The molecule has 5 heterocycles. The van der Waals surface area contributed by atoms with Gasteiger partial charge in [0.25, 0.3) is 0 Å². The minimum Gasteiger partial charge on any atom is -0.370 e. The SMILES string of the molecule is CCN(CC)[C@@H](C(=O)N1CCC[C@H]1c1ncc(-c2ccc(-c3ncc(C4CNC([C@@H]5CCCN5)=N4)cn3)cc2)[nH]1)c1ccccc1. The van der Waals surface area contributed by atoms with Crippen molar-refractivity contribution in [3.05, 3.63) is 90.1 Å². The van der Waals surface area contributed by atoms with Crippen molar-refractivity contribution in [3.8, 4) is 22.6 Å². The number of nitrogens with zero attached hydrogens (tertiary/aromatic N) is 6. The van der Waals surface area contributed by atoms with Crippen LogP contribution in [0.25, 0.3) is 22.6 Å². The van der Waals surface area contributed by atoms with Crippen LogP contribution in [0, 0.1) is 0 Å².